The lowest BCUT2D eigenvalue weighted by Gasteiger charge is -2.09. The number of esters is 1. The molecular weight excluding hydrogens is 318 g/mol. The average Bonchev–Trinajstić information content (AvgIpc) is 2.89. The molecule has 0 N–H and O–H groups in total. The summed E-state index contributed by atoms with van der Waals surface area (Å²) in [6.45, 7) is 1.56. The van der Waals surface area contributed by atoms with E-state index in [-0.39, 0.29) is 23.8 Å². The van der Waals surface area contributed by atoms with Gasteiger partial charge in [-0.1, -0.05) is 0 Å². The largest absolute Gasteiger partial charge is 0.462 e. The number of benzene rings is 1. The molecule has 1 aromatic rings. The van der Waals surface area contributed by atoms with E-state index in [1.807, 2.05) is 0 Å². The minimum atomic E-state index is -0.553. The fourth-order valence-electron chi connectivity index (χ4n) is 1.77. The summed E-state index contributed by atoms with van der Waals surface area (Å²) in [6, 6.07) is 4.16. The zero-order chi connectivity index (χ0) is 13.8. The van der Waals surface area contributed by atoms with Crippen LogP contribution < -0.4 is 0 Å². The van der Waals surface area contributed by atoms with E-state index < -0.39 is 10.9 Å². The Morgan fingerprint density at radius 1 is 1.58 bits per heavy atom. The molecule has 1 unspecified atom stereocenters. The number of rotatable bonds is 4. The van der Waals surface area contributed by atoms with E-state index in [1.165, 1.54) is 18.2 Å². The van der Waals surface area contributed by atoms with Gasteiger partial charge in [0.25, 0.3) is 5.69 Å². The van der Waals surface area contributed by atoms with E-state index in [0.29, 0.717) is 17.7 Å². The number of hydrogen-bond acceptors (Lipinski definition) is 5. The highest BCUT2D eigenvalue weighted by molar-refractivity contribution is 9.10. The molecule has 1 aromatic carbocycles. The van der Waals surface area contributed by atoms with Crippen LogP contribution in [0.4, 0.5) is 5.69 Å². The maximum absolute atomic E-state index is 11.8. The molecule has 0 aromatic heterocycles. The lowest BCUT2D eigenvalue weighted by molar-refractivity contribution is -0.385. The molecule has 0 aliphatic carbocycles. The minimum absolute atomic E-state index is 0.154. The van der Waals surface area contributed by atoms with Gasteiger partial charge in [-0.25, -0.2) is 4.79 Å². The normalized spacial score (nSPS) is 18.3. The number of nitro benzene ring substituents is 1. The van der Waals surface area contributed by atoms with Crippen molar-refractivity contribution in [3.63, 3.8) is 0 Å². The first kappa shape index (κ1) is 14.0. The second-order valence-corrected chi connectivity index (χ2v) is 5.11. The maximum atomic E-state index is 11.8. The second kappa shape index (κ2) is 6.12. The molecule has 6 nitrogen and oxygen atoms in total. The number of hydrogen-bond donors (Lipinski definition) is 0. The second-order valence-electron chi connectivity index (χ2n) is 4.25. The highest BCUT2D eigenvalue weighted by atomic mass is 79.9. The molecule has 1 fully saturated rings. The molecule has 102 valence electrons. The molecule has 1 heterocycles. The summed E-state index contributed by atoms with van der Waals surface area (Å²) in [6.07, 6.45) is 0.869. The predicted molar refractivity (Wildman–Crippen MR) is 70.0 cm³/mol. The van der Waals surface area contributed by atoms with Crippen molar-refractivity contribution in [2.45, 2.75) is 6.42 Å². The van der Waals surface area contributed by atoms with E-state index in [4.69, 9.17) is 9.47 Å². The smallest absolute Gasteiger partial charge is 0.338 e. The van der Waals surface area contributed by atoms with Crippen LogP contribution in [0.2, 0.25) is 0 Å². The SMILES string of the molecule is O=C(OCC1CCOC1)c1ccc(Br)c([N+](=O)[O-])c1. The van der Waals surface area contributed by atoms with Crippen LogP contribution in [0.5, 0.6) is 0 Å². The summed E-state index contributed by atoms with van der Waals surface area (Å²) < 4.78 is 10.6. The van der Waals surface area contributed by atoms with Gasteiger partial charge >= 0.3 is 5.97 Å². The van der Waals surface area contributed by atoms with Gasteiger partial charge in [-0.2, -0.15) is 0 Å². The van der Waals surface area contributed by atoms with Crippen LogP contribution in [0.15, 0.2) is 22.7 Å². The van der Waals surface area contributed by atoms with Crippen LogP contribution in [0.1, 0.15) is 16.8 Å². The Kier molecular flexibility index (Phi) is 4.49. The molecule has 0 radical (unpaired) electrons. The van der Waals surface area contributed by atoms with E-state index in [9.17, 15) is 14.9 Å². The molecule has 7 heteroatoms. The highest BCUT2D eigenvalue weighted by Crippen LogP contribution is 2.26. The Balaban J connectivity index is 2.02. The quantitative estimate of drug-likeness (QED) is 0.482. The molecular formula is C12H12BrNO5. The fourth-order valence-corrected chi connectivity index (χ4v) is 2.16. The molecule has 1 aliphatic heterocycles. The minimum Gasteiger partial charge on any atom is -0.462 e. The first-order valence-corrected chi connectivity index (χ1v) is 6.56. The van der Waals surface area contributed by atoms with Gasteiger partial charge in [-0.3, -0.25) is 10.1 Å². The van der Waals surface area contributed by atoms with Gasteiger partial charge in [0.2, 0.25) is 0 Å². The third-order valence-electron chi connectivity index (χ3n) is 2.85. The van der Waals surface area contributed by atoms with Gasteiger partial charge in [-0.15, -0.1) is 0 Å². The zero-order valence-electron chi connectivity index (χ0n) is 10.0. The van der Waals surface area contributed by atoms with Crippen LogP contribution in [0.25, 0.3) is 0 Å². The summed E-state index contributed by atoms with van der Waals surface area (Å²) in [4.78, 5) is 22.0. The van der Waals surface area contributed by atoms with Crippen LogP contribution in [0, 0.1) is 16.0 Å². The van der Waals surface area contributed by atoms with Gasteiger partial charge in [0.15, 0.2) is 0 Å². The Bertz CT molecular complexity index is 499. The van der Waals surface area contributed by atoms with E-state index >= 15 is 0 Å². The zero-order valence-corrected chi connectivity index (χ0v) is 11.6. The lowest BCUT2D eigenvalue weighted by Crippen LogP contribution is -2.14. The molecule has 0 spiro atoms. The number of halogens is 1. The van der Waals surface area contributed by atoms with E-state index in [1.54, 1.807) is 0 Å². The van der Waals surface area contributed by atoms with Crippen molar-refractivity contribution in [3.8, 4) is 0 Å². The number of nitrogens with zero attached hydrogens (tertiary/aromatic N) is 1. The number of carbonyl (C=O) groups is 1. The summed E-state index contributed by atoms with van der Waals surface area (Å²) in [5.41, 5.74) is 0.0208. The fraction of sp³-hybridized carbons (Fsp3) is 0.417. The third-order valence-corrected chi connectivity index (χ3v) is 3.52. The van der Waals surface area contributed by atoms with E-state index in [2.05, 4.69) is 15.9 Å². The number of ether oxygens (including phenoxy) is 2. The van der Waals surface area contributed by atoms with E-state index in [0.717, 1.165) is 6.42 Å². The van der Waals surface area contributed by atoms with Gasteiger partial charge in [-0.05, 0) is 34.5 Å². The number of carbonyl (C=O) groups excluding carboxylic acids is 1. The molecule has 2 rings (SSSR count). The van der Waals surface area contributed by atoms with Gasteiger partial charge in [0.05, 0.1) is 28.2 Å². The van der Waals surface area contributed by atoms with Crippen molar-refractivity contribution in [2.75, 3.05) is 19.8 Å². The molecule has 0 amide bonds. The summed E-state index contributed by atoms with van der Waals surface area (Å²) >= 11 is 3.06. The Labute approximate surface area is 118 Å². The van der Waals surface area contributed by atoms with Crippen molar-refractivity contribution in [3.05, 3.63) is 38.3 Å². The standard InChI is InChI=1S/C12H12BrNO5/c13-10-2-1-9(5-11(10)14(16)17)12(15)19-7-8-3-4-18-6-8/h1-2,5,8H,3-4,6-7H2. The molecule has 1 aliphatic rings. The Hall–Kier alpha value is -1.47. The first-order chi connectivity index (χ1) is 9.08. The Morgan fingerprint density at radius 2 is 2.37 bits per heavy atom. The third kappa shape index (κ3) is 3.51. The van der Waals surface area contributed by atoms with Crippen molar-refractivity contribution in [1.29, 1.82) is 0 Å². The molecule has 0 saturated carbocycles. The van der Waals surface area contributed by atoms with Crippen molar-refractivity contribution < 1.29 is 19.2 Å². The van der Waals surface area contributed by atoms with Crippen molar-refractivity contribution in [1.82, 2.24) is 0 Å². The summed E-state index contributed by atoms with van der Waals surface area (Å²) in [7, 11) is 0. The van der Waals surface area contributed by atoms with Gasteiger partial charge in [0.1, 0.15) is 0 Å². The summed E-state index contributed by atoms with van der Waals surface area (Å²) in [5.74, 6) is -0.336. The average molecular weight is 330 g/mol. The Morgan fingerprint density at radius 3 is 3.00 bits per heavy atom. The maximum Gasteiger partial charge on any atom is 0.338 e. The van der Waals surface area contributed by atoms with Crippen LogP contribution in [-0.4, -0.2) is 30.7 Å². The topological polar surface area (TPSA) is 78.7 Å². The van der Waals surface area contributed by atoms with Crippen LogP contribution in [0.3, 0.4) is 0 Å². The highest BCUT2D eigenvalue weighted by Gasteiger charge is 2.20. The van der Waals surface area contributed by atoms with Crippen molar-refractivity contribution in [2.24, 2.45) is 5.92 Å². The van der Waals surface area contributed by atoms with Crippen LogP contribution in [-0.2, 0) is 9.47 Å². The van der Waals surface area contributed by atoms with Crippen LogP contribution >= 0.6 is 15.9 Å². The molecule has 19 heavy (non-hydrogen) atoms. The molecule has 1 atom stereocenters. The van der Waals surface area contributed by atoms with Gasteiger partial charge in [0, 0.05) is 18.6 Å². The van der Waals surface area contributed by atoms with Gasteiger partial charge < -0.3 is 9.47 Å². The lowest BCUT2D eigenvalue weighted by atomic mass is 10.1. The monoisotopic (exact) mass is 329 g/mol. The predicted octanol–water partition coefficient (Wildman–Crippen LogP) is 2.55. The first-order valence-electron chi connectivity index (χ1n) is 5.76. The summed E-state index contributed by atoms with van der Waals surface area (Å²) in [5, 5.41) is 10.8. The molecule has 1 saturated heterocycles. The number of nitro groups is 1. The molecule has 0 bridgehead atoms. The van der Waals surface area contributed by atoms with Crippen molar-refractivity contribution >= 4 is 27.6 Å².